The maximum absolute atomic E-state index is 14.0. The van der Waals surface area contributed by atoms with Crippen molar-refractivity contribution in [1.82, 2.24) is 10.2 Å². The monoisotopic (exact) mass is 352 g/mol. The molecule has 1 N–H and O–H groups in total. The number of hydrogen-bond acceptors (Lipinski definition) is 2. The van der Waals surface area contributed by atoms with Crippen LogP contribution in [0.3, 0.4) is 0 Å². The van der Waals surface area contributed by atoms with Crippen LogP contribution in [0, 0.1) is 5.82 Å². The molecule has 2 aromatic carbocycles. The van der Waals surface area contributed by atoms with Crippen LogP contribution in [0.2, 0.25) is 0 Å². The zero-order valence-electron chi connectivity index (χ0n) is 14.5. The van der Waals surface area contributed by atoms with Crippen molar-refractivity contribution in [3.05, 3.63) is 71.0 Å². The molecule has 4 nitrogen and oxygen atoms in total. The number of rotatable bonds is 6. The van der Waals surface area contributed by atoms with Gasteiger partial charge in [0.15, 0.2) is 0 Å². The number of halogens is 1. The first-order valence-electron chi connectivity index (χ1n) is 9.07. The van der Waals surface area contributed by atoms with Crippen LogP contribution < -0.4 is 5.32 Å². The van der Waals surface area contributed by atoms with Gasteiger partial charge in [-0.25, -0.2) is 4.39 Å². The highest BCUT2D eigenvalue weighted by Gasteiger charge is 2.34. The Morgan fingerprint density at radius 2 is 1.69 bits per heavy atom. The molecule has 0 saturated heterocycles. The van der Waals surface area contributed by atoms with Crippen molar-refractivity contribution in [1.29, 1.82) is 0 Å². The molecule has 0 atom stereocenters. The number of hydrogen-bond donors (Lipinski definition) is 1. The third-order valence-corrected chi connectivity index (χ3v) is 4.83. The van der Waals surface area contributed by atoms with Crippen LogP contribution in [0.1, 0.15) is 52.0 Å². The van der Waals surface area contributed by atoms with E-state index in [1.54, 1.807) is 29.2 Å². The lowest BCUT2D eigenvalue weighted by Gasteiger charge is -2.23. The van der Waals surface area contributed by atoms with Crippen LogP contribution in [0.5, 0.6) is 0 Å². The van der Waals surface area contributed by atoms with Gasteiger partial charge in [-0.3, -0.25) is 9.59 Å². The van der Waals surface area contributed by atoms with E-state index in [0.717, 1.165) is 31.2 Å². The predicted octanol–water partition coefficient (Wildman–Crippen LogP) is 3.52. The highest BCUT2D eigenvalue weighted by molar-refractivity contribution is 5.95. The summed E-state index contributed by atoms with van der Waals surface area (Å²) in [6, 6.07) is 13.9. The first kappa shape index (κ1) is 16.8. The molecule has 2 aromatic rings. The molecular formula is C21H21FN2O2. The average molecular weight is 352 g/mol. The first-order chi connectivity index (χ1) is 12.6. The predicted molar refractivity (Wildman–Crippen MR) is 96.2 cm³/mol. The van der Waals surface area contributed by atoms with Gasteiger partial charge in [-0.1, -0.05) is 24.3 Å². The van der Waals surface area contributed by atoms with Gasteiger partial charge in [-0.05, 0) is 55.5 Å². The molecule has 2 aliphatic rings. The minimum Gasteiger partial charge on any atom is -0.349 e. The molecule has 0 unspecified atom stereocenters. The minimum atomic E-state index is -0.491. The van der Waals surface area contributed by atoms with Gasteiger partial charge in [-0.2, -0.15) is 0 Å². The molecule has 5 heteroatoms. The number of amides is 2. The molecule has 134 valence electrons. The molecule has 0 heterocycles. The Morgan fingerprint density at radius 1 is 1.00 bits per heavy atom. The minimum absolute atomic E-state index is 0.0551. The molecule has 0 aliphatic heterocycles. The zero-order valence-corrected chi connectivity index (χ0v) is 14.5. The van der Waals surface area contributed by atoms with E-state index < -0.39 is 5.82 Å². The third-order valence-electron chi connectivity index (χ3n) is 4.83. The normalized spacial score (nSPS) is 16.2. The molecule has 2 saturated carbocycles. The summed E-state index contributed by atoms with van der Waals surface area (Å²) in [5.41, 5.74) is 1.67. The first-order valence-corrected chi connectivity index (χ1v) is 9.07. The Kier molecular flexibility index (Phi) is 4.45. The van der Waals surface area contributed by atoms with Gasteiger partial charge >= 0.3 is 0 Å². The van der Waals surface area contributed by atoms with E-state index in [4.69, 9.17) is 0 Å². The van der Waals surface area contributed by atoms with Crippen molar-refractivity contribution >= 4 is 11.8 Å². The Labute approximate surface area is 152 Å². The summed E-state index contributed by atoms with van der Waals surface area (Å²) in [7, 11) is 0. The molecule has 0 bridgehead atoms. The van der Waals surface area contributed by atoms with E-state index in [0.29, 0.717) is 18.2 Å². The van der Waals surface area contributed by atoms with Gasteiger partial charge in [-0.15, -0.1) is 0 Å². The zero-order chi connectivity index (χ0) is 18.1. The van der Waals surface area contributed by atoms with Gasteiger partial charge in [0.2, 0.25) is 0 Å². The highest BCUT2D eigenvalue weighted by Crippen LogP contribution is 2.30. The van der Waals surface area contributed by atoms with Gasteiger partial charge in [0.05, 0.1) is 5.56 Å². The van der Waals surface area contributed by atoms with Crippen LogP contribution in [0.15, 0.2) is 48.5 Å². The smallest absolute Gasteiger partial charge is 0.257 e. The molecule has 4 rings (SSSR count). The Morgan fingerprint density at radius 3 is 2.31 bits per heavy atom. The van der Waals surface area contributed by atoms with Crippen molar-refractivity contribution in [3.63, 3.8) is 0 Å². The fraction of sp³-hybridized carbons (Fsp3) is 0.333. The van der Waals surface area contributed by atoms with Crippen LogP contribution in [0.25, 0.3) is 0 Å². The van der Waals surface area contributed by atoms with Crippen LogP contribution in [-0.4, -0.2) is 28.8 Å². The second kappa shape index (κ2) is 6.90. The quantitative estimate of drug-likeness (QED) is 0.865. The molecule has 26 heavy (non-hydrogen) atoms. The van der Waals surface area contributed by atoms with Gasteiger partial charge in [0.25, 0.3) is 11.8 Å². The topological polar surface area (TPSA) is 49.4 Å². The van der Waals surface area contributed by atoms with Crippen LogP contribution in [0.4, 0.5) is 4.39 Å². The number of nitrogens with zero attached hydrogens (tertiary/aromatic N) is 1. The molecule has 0 radical (unpaired) electrons. The molecular weight excluding hydrogens is 331 g/mol. The van der Waals surface area contributed by atoms with Gasteiger partial charge in [0.1, 0.15) is 5.82 Å². The fourth-order valence-electron chi connectivity index (χ4n) is 3.00. The molecule has 2 fully saturated rings. The summed E-state index contributed by atoms with van der Waals surface area (Å²) < 4.78 is 14.0. The van der Waals surface area contributed by atoms with E-state index in [9.17, 15) is 14.0 Å². The molecule has 0 aromatic heterocycles. The lowest BCUT2D eigenvalue weighted by atomic mass is 10.1. The average Bonchev–Trinajstić information content (AvgIpc) is 3.54. The number of benzene rings is 2. The Hall–Kier alpha value is -2.69. The summed E-state index contributed by atoms with van der Waals surface area (Å²) in [5, 5.41) is 2.96. The van der Waals surface area contributed by atoms with Crippen molar-refractivity contribution in [2.45, 2.75) is 44.3 Å². The number of carbonyl (C=O) groups is 2. The lowest BCUT2D eigenvalue weighted by Crippen LogP contribution is -2.33. The van der Waals surface area contributed by atoms with Crippen molar-refractivity contribution in [2.24, 2.45) is 0 Å². The van der Waals surface area contributed by atoms with E-state index in [2.05, 4.69) is 5.32 Å². The SMILES string of the molecule is O=C(NC1CC1)c1ccc(CN(C(=O)c2ccccc2F)C2CC2)cc1. The molecule has 2 aliphatic carbocycles. The van der Waals surface area contributed by atoms with Gasteiger partial charge in [0, 0.05) is 24.2 Å². The van der Waals surface area contributed by atoms with Crippen molar-refractivity contribution < 1.29 is 14.0 Å². The van der Waals surface area contributed by atoms with Crippen molar-refractivity contribution in [3.8, 4) is 0 Å². The number of nitrogens with one attached hydrogen (secondary N) is 1. The maximum Gasteiger partial charge on any atom is 0.257 e. The fourth-order valence-corrected chi connectivity index (χ4v) is 3.00. The Balaban J connectivity index is 1.47. The molecule has 2 amide bonds. The summed E-state index contributed by atoms with van der Waals surface area (Å²) in [6.07, 6.45) is 4.00. The summed E-state index contributed by atoms with van der Waals surface area (Å²) in [5.74, 6) is -0.822. The van der Waals surface area contributed by atoms with Crippen LogP contribution in [-0.2, 0) is 6.54 Å². The second-order valence-electron chi connectivity index (χ2n) is 7.09. The maximum atomic E-state index is 14.0. The van der Waals surface area contributed by atoms with Crippen molar-refractivity contribution in [2.75, 3.05) is 0 Å². The summed E-state index contributed by atoms with van der Waals surface area (Å²) in [4.78, 5) is 26.6. The van der Waals surface area contributed by atoms with Crippen LogP contribution >= 0.6 is 0 Å². The number of carbonyl (C=O) groups excluding carboxylic acids is 2. The van der Waals surface area contributed by atoms with E-state index in [1.165, 1.54) is 12.1 Å². The third kappa shape index (κ3) is 3.77. The molecule has 0 spiro atoms. The second-order valence-corrected chi connectivity index (χ2v) is 7.09. The summed E-state index contributed by atoms with van der Waals surface area (Å²) in [6.45, 7) is 0.419. The lowest BCUT2D eigenvalue weighted by molar-refractivity contribution is 0.0724. The summed E-state index contributed by atoms with van der Waals surface area (Å²) >= 11 is 0. The highest BCUT2D eigenvalue weighted by atomic mass is 19.1. The van der Waals surface area contributed by atoms with Gasteiger partial charge < -0.3 is 10.2 Å². The standard InChI is InChI=1S/C21H21FN2O2/c22-19-4-2-1-3-18(19)21(26)24(17-11-12-17)13-14-5-7-15(8-6-14)20(25)23-16-9-10-16/h1-8,16-17H,9-13H2,(H,23,25). The van der Waals surface area contributed by atoms with E-state index in [1.807, 2.05) is 12.1 Å². The largest absolute Gasteiger partial charge is 0.349 e. The van der Waals surface area contributed by atoms with E-state index >= 15 is 0 Å². The van der Waals surface area contributed by atoms with E-state index in [-0.39, 0.29) is 23.4 Å². The Bertz CT molecular complexity index is 826.